The summed E-state index contributed by atoms with van der Waals surface area (Å²) in [7, 11) is 0. The van der Waals surface area contributed by atoms with Crippen molar-refractivity contribution in [3.63, 3.8) is 0 Å². The van der Waals surface area contributed by atoms with E-state index >= 15 is 0 Å². The van der Waals surface area contributed by atoms with Crippen molar-refractivity contribution in [2.75, 3.05) is 11.1 Å². The fourth-order valence-corrected chi connectivity index (χ4v) is 1.22. The first-order chi connectivity index (χ1) is 7.25. The van der Waals surface area contributed by atoms with Crippen LogP contribution in [0.15, 0.2) is 42.5 Å². The third-order valence-electron chi connectivity index (χ3n) is 1.91. The molecule has 15 heavy (non-hydrogen) atoms. The summed E-state index contributed by atoms with van der Waals surface area (Å²) < 4.78 is 13.3. The van der Waals surface area contributed by atoms with Crippen molar-refractivity contribution in [2.24, 2.45) is 0 Å². The number of nitrogen functional groups attached to an aromatic ring is 1. The number of rotatable bonds is 2. The highest BCUT2D eigenvalue weighted by Gasteiger charge is 2.01. The lowest BCUT2D eigenvalue weighted by Gasteiger charge is -2.06. The molecule has 0 saturated carbocycles. The lowest BCUT2D eigenvalue weighted by molar-refractivity contribution is 0.632. The maximum absolute atomic E-state index is 13.3. The molecule has 0 spiro atoms. The van der Waals surface area contributed by atoms with Gasteiger partial charge in [-0.05, 0) is 24.3 Å². The van der Waals surface area contributed by atoms with Gasteiger partial charge in [-0.25, -0.2) is 9.37 Å². The summed E-state index contributed by atoms with van der Waals surface area (Å²) in [5, 5.41) is 2.85. The van der Waals surface area contributed by atoms with Gasteiger partial charge in [0.2, 0.25) is 0 Å². The number of hydrogen-bond acceptors (Lipinski definition) is 3. The lowest BCUT2D eigenvalue weighted by Crippen LogP contribution is -1.98. The summed E-state index contributed by atoms with van der Waals surface area (Å²) >= 11 is 0. The summed E-state index contributed by atoms with van der Waals surface area (Å²) in [6.45, 7) is 0. The van der Waals surface area contributed by atoms with Crippen molar-refractivity contribution < 1.29 is 4.39 Å². The van der Waals surface area contributed by atoms with Crippen LogP contribution in [0.3, 0.4) is 0 Å². The number of benzene rings is 1. The number of halogens is 1. The predicted molar refractivity (Wildman–Crippen MR) is 58.3 cm³/mol. The van der Waals surface area contributed by atoms with Gasteiger partial charge in [-0.1, -0.05) is 18.2 Å². The average Bonchev–Trinajstić information content (AvgIpc) is 2.22. The summed E-state index contributed by atoms with van der Waals surface area (Å²) in [6.07, 6.45) is 0. The summed E-state index contributed by atoms with van der Waals surface area (Å²) in [5.74, 6) is 0.609. The maximum atomic E-state index is 13.3. The summed E-state index contributed by atoms with van der Waals surface area (Å²) in [4.78, 5) is 4.01. The first kappa shape index (κ1) is 9.45. The molecule has 1 heterocycles. The van der Waals surface area contributed by atoms with Gasteiger partial charge in [-0.2, -0.15) is 0 Å². The Hall–Kier alpha value is -2.10. The minimum Gasteiger partial charge on any atom is -0.384 e. The number of nitrogens with two attached hydrogens (primary N) is 1. The molecule has 0 aliphatic carbocycles. The van der Waals surface area contributed by atoms with Gasteiger partial charge in [0.25, 0.3) is 0 Å². The van der Waals surface area contributed by atoms with Gasteiger partial charge < -0.3 is 11.1 Å². The normalized spacial score (nSPS) is 9.93. The molecule has 2 rings (SSSR count). The zero-order valence-electron chi connectivity index (χ0n) is 7.94. The second-order valence-corrected chi connectivity index (χ2v) is 3.05. The van der Waals surface area contributed by atoms with E-state index in [-0.39, 0.29) is 5.82 Å². The number of nitrogens with one attached hydrogen (secondary N) is 1. The molecule has 0 bridgehead atoms. The molecular formula is C11H10FN3. The van der Waals surface area contributed by atoms with Crippen LogP contribution < -0.4 is 11.1 Å². The number of anilines is 3. The predicted octanol–water partition coefficient (Wildman–Crippen LogP) is 2.55. The van der Waals surface area contributed by atoms with E-state index in [1.807, 2.05) is 0 Å². The first-order valence-electron chi connectivity index (χ1n) is 4.50. The highest BCUT2D eigenvalue weighted by atomic mass is 19.1. The van der Waals surface area contributed by atoms with E-state index in [1.165, 1.54) is 6.07 Å². The average molecular weight is 203 g/mol. The maximum Gasteiger partial charge on any atom is 0.146 e. The zero-order chi connectivity index (χ0) is 10.7. The molecule has 3 N–H and O–H groups in total. The molecule has 3 nitrogen and oxygen atoms in total. The Kier molecular flexibility index (Phi) is 2.49. The molecule has 0 aliphatic rings. The van der Waals surface area contributed by atoms with Crippen LogP contribution in [0.5, 0.6) is 0 Å². The molecule has 1 aromatic carbocycles. The van der Waals surface area contributed by atoms with E-state index in [1.54, 1.807) is 36.4 Å². The van der Waals surface area contributed by atoms with Crippen LogP contribution in [-0.4, -0.2) is 4.98 Å². The molecule has 0 saturated heterocycles. The van der Waals surface area contributed by atoms with Gasteiger partial charge in [-0.15, -0.1) is 0 Å². The van der Waals surface area contributed by atoms with E-state index in [0.29, 0.717) is 17.3 Å². The van der Waals surface area contributed by atoms with E-state index in [4.69, 9.17) is 5.73 Å². The van der Waals surface area contributed by atoms with Crippen LogP contribution in [0.1, 0.15) is 0 Å². The van der Waals surface area contributed by atoms with E-state index < -0.39 is 0 Å². The number of pyridine rings is 1. The van der Waals surface area contributed by atoms with Crippen LogP contribution in [-0.2, 0) is 0 Å². The summed E-state index contributed by atoms with van der Waals surface area (Å²) in [6, 6.07) is 11.6. The quantitative estimate of drug-likeness (QED) is 0.788. The third-order valence-corrected chi connectivity index (χ3v) is 1.91. The Balaban J connectivity index is 2.26. The molecular weight excluding hydrogens is 193 g/mol. The monoisotopic (exact) mass is 203 g/mol. The Bertz CT molecular complexity index is 471. The second kappa shape index (κ2) is 3.96. The molecule has 0 unspecified atom stereocenters. The summed E-state index contributed by atoms with van der Waals surface area (Å²) in [5.41, 5.74) is 5.89. The van der Waals surface area contributed by atoms with Crippen LogP contribution in [0, 0.1) is 5.82 Å². The van der Waals surface area contributed by atoms with Crippen LogP contribution >= 0.6 is 0 Å². The molecule has 0 aliphatic heterocycles. The van der Waals surface area contributed by atoms with Crippen molar-refractivity contribution in [2.45, 2.75) is 0 Å². The van der Waals surface area contributed by atoms with Crippen LogP contribution in [0.2, 0.25) is 0 Å². The number of nitrogens with zero attached hydrogens (tertiary/aromatic N) is 1. The van der Waals surface area contributed by atoms with Crippen molar-refractivity contribution >= 4 is 17.3 Å². The minimum atomic E-state index is -0.318. The Morgan fingerprint density at radius 1 is 1.07 bits per heavy atom. The molecule has 0 amide bonds. The molecule has 2 aromatic rings. The lowest BCUT2D eigenvalue weighted by atomic mass is 10.3. The van der Waals surface area contributed by atoms with Gasteiger partial charge in [0.1, 0.15) is 17.5 Å². The molecule has 0 radical (unpaired) electrons. The first-order valence-corrected chi connectivity index (χ1v) is 4.50. The van der Waals surface area contributed by atoms with Crippen molar-refractivity contribution in [1.82, 2.24) is 4.98 Å². The fourth-order valence-electron chi connectivity index (χ4n) is 1.22. The second-order valence-electron chi connectivity index (χ2n) is 3.05. The van der Waals surface area contributed by atoms with E-state index in [2.05, 4.69) is 10.3 Å². The van der Waals surface area contributed by atoms with E-state index in [0.717, 1.165) is 0 Å². The highest BCUT2D eigenvalue weighted by molar-refractivity contribution is 5.57. The van der Waals surface area contributed by atoms with Crippen LogP contribution in [0.25, 0.3) is 0 Å². The molecule has 0 atom stereocenters. The van der Waals surface area contributed by atoms with Gasteiger partial charge in [0, 0.05) is 0 Å². The highest BCUT2D eigenvalue weighted by Crippen LogP contribution is 2.18. The minimum absolute atomic E-state index is 0.318. The zero-order valence-corrected chi connectivity index (χ0v) is 7.94. The van der Waals surface area contributed by atoms with Gasteiger partial charge in [0.05, 0.1) is 5.69 Å². The third kappa shape index (κ3) is 2.22. The van der Waals surface area contributed by atoms with Crippen molar-refractivity contribution in [3.05, 3.63) is 48.3 Å². The smallest absolute Gasteiger partial charge is 0.146 e. The Labute approximate surface area is 86.8 Å². The van der Waals surface area contributed by atoms with Gasteiger partial charge in [0.15, 0.2) is 0 Å². The molecule has 4 heteroatoms. The van der Waals surface area contributed by atoms with Gasteiger partial charge in [-0.3, -0.25) is 0 Å². The van der Waals surface area contributed by atoms with Crippen molar-refractivity contribution in [1.29, 1.82) is 0 Å². The molecule has 1 aromatic heterocycles. The largest absolute Gasteiger partial charge is 0.384 e. The molecule has 0 fully saturated rings. The fraction of sp³-hybridized carbons (Fsp3) is 0. The Morgan fingerprint density at radius 2 is 1.87 bits per heavy atom. The number of hydrogen-bond donors (Lipinski definition) is 2. The number of aromatic nitrogens is 1. The molecule has 76 valence electrons. The van der Waals surface area contributed by atoms with Crippen molar-refractivity contribution in [3.8, 4) is 0 Å². The van der Waals surface area contributed by atoms with E-state index in [9.17, 15) is 4.39 Å². The number of para-hydroxylation sites is 1. The SMILES string of the molecule is Nc1cccc(Nc2ccccc2F)n1. The topological polar surface area (TPSA) is 50.9 Å². The van der Waals surface area contributed by atoms with Crippen LogP contribution in [0.4, 0.5) is 21.7 Å². The van der Waals surface area contributed by atoms with Gasteiger partial charge >= 0.3 is 0 Å². The standard InChI is InChI=1S/C11H10FN3/c12-8-4-1-2-5-9(8)14-11-7-3-6-10(13)15-11/h1-7H,(H3,13,14,15). The Morgan fingerprint density at radius 3 is 2.60 bits per heavy atom.